The lowest BCUT2D eigenvalue weighted by molar-refractivity contribution is 0.0470. The first-order valence-electron chi connectivity index (χ1n) is 14.2. The molecular weight excluding hydrogens is 528 g/mol. The van der Waals surface area contributed by atoms with Crippen LogP contribution in [0.25, 0.3) is 10.2 Å². The second-order valence-corrected chi connectivity index (χ2v) is 19.3. The molecule has 214 valence electrons. The average Bonchev–Trinajstić information content (AvgIpc) is 3.37. The van der Waals surface area contributed by atoms with Crippen molar-refractivity contribution in [2.45, 2.75) is 134 Å². The van der Waals surface area contributed by atoms with Crippen LogP contribution in [0, 0.1) is 11.3 Å². The summed E-state index contributed by atoms with van der Waals surface area (Å²) in [6.07, 6.45) is 6.82. The van der Waals surface area contributed by atoms with E-state index in [0.717, 1.165) is 48.7 Å². The van der Waals surface area contributed by atoms with E-state index >= 15 is 0 Å². The Kier molecular flexibility index (Phi) is 8.65. The lowest BCUT2D eigenvalue weighted by atomic mass is 9.93. The van der Waals surface area contributed by atoms with Crippen LogP contribution in [0.15, 0.2) is 6.33 Å². The van der Waals surface area contributed by atoms with E-state index in [1.54, 1.807) is 17.7 Å². The minimum absolute atomic E-state index is 0.0314. The molecule has 1 saturated carbocycles. The maximum Gasteiger partial charge on any atom is 0.407 e. The van der Waals surface area contributed by atoms with Crippen molar-refractivity contribution in [1.29, 1.82) is 5.26 Å². The van der Waals surface area contributed by atoms with Gasteiger partial charge >= 0.3 is 6.09 Å². The molecule has 1 amide bonds. The number of nitrogens with one attached hydrogen (secondary N) is 1. The summed E-state index contributed by atoms with van der Waals surface area (Å²) < 4.78 is 18.4. The van der Waals surface area contributed by atoms with Crippen LogP contribution in [0.2, 0.25) is 18.1 Å². The molecule has 1 unspecified atom stereocenters. The number of carbonyl (C=O) groups excluding carboxylic acids is 1. The van der Waals surface area contributed by atoms with Crippen molar-refractivity contribution in [1.82, 2.24) is 15.3 Å². The van der Waals surface area contributed by atoms with Crippen LogP contribution in [-0.4, -0.2) is 48.2 Å². The van der Waals surface area contributed by atoms with Crippen LogP contribution >= 0.6 is 11.3 Å². The van der Waals surface area contributed by atoms with E-state index in [4.69, 9.17) is 13.9 Å². The van der Waals surface area contributed by atoms with Crippen LogP contribution in [0.1, 0.15) is 96.4 Å². The zero-order valence-electron chi connectivity index (χ0n) is 24.7. The molecule has 0 saturated heterocycles. The van der Waals surface area contributed by atoms with E-state index in [1.807, 2.05) is 20.8 Å². The number of carbonyl (C=O) groups is 1. The van der Waals surface area contributed by atoms with Gasteiger partial charge in [-0.25, -0.2) is 14.8 Å². The van der Waals surface area contributed by atoms with Crippen molar-refractivity contribution in [3.63, 3.8) is 0 Å². The van der Waals surface area contributed by atoms with E-state index in [-0.39, 0.29) is 29.2 Å². The number of hydrogen-bond acceptors (Lipinski definition) is 8. The molecule has 0 aliphatic heterocycles. The van der Waals surface area contributed by atoms with E-state index in [2.05, 4.69) is 55.2 Å². The molecule has 2 aromatic rings. The van der Waals surface area contributed by atoms with Crippen molar-refractivity contribution in [3.05, 3.63) is 16.8 Å². The minimum atomic E-state index is -2.06. The van der Waals surface area contributed by atoms with Gasteiger partial charge in [-0.1, -0.05) is 20.8 Å². The number of nitriles is 1. The van der Waals surface area contributed by atoms with E-state index in [9.17, 15) is 10.1 Å². The normalized spacial score (nSPS) is 22.7. The minimum Gasteiger partial charge on any atom is -0.474 e. The molecule has 2 atom stereocenters. The van der Waals surface area contributed by atoms with Crippen LogP contribution < -0.4 is 10.1 Å². The fraction of sp³-hybridized carbons (Fsp3) is 0.724. The molecule has 10 heteroatoms. The van der Waals surface area contributed by atoms with Gasteiger partial charge in [0.15, 0.2) is 8.32 Å². The molecule has 1 N–H and O–H groups in total. The van der Waals surface area contributed by atoms with Gasteiger partial charge in [-0.2, -0.15) is 5.26 Å². The Hall–Kier alpha value is -2.22. The van der Waals surface area contributed by atoms with Gasteiger partial charge in [-0.05, 0) is 95.3 Å². The number of fused-ring (bicyclic) bond motifs is 3. The zero-order valence-corrected chi connectivity index (χ0v) is 26.5. The standard InChI is InChI=1S/C29H44N4O4SSi/c1-28(2,3)36-27(34)33-19-10-12-20(13-11-19)35-25-24-23-18(9-14-22(23)38-26(24)32-17-31-25)15-21(16-30)37-39(7,8)29(4,5)6/h17-21H,9-15H2,1-8H3,(H,33,34)/t18-,19?,20?,21?/m1/s1. The monoisotopic (exact) mass is 572 g/mol. The second kappa shape index (κ2) is 11.3. The van der Waals surface area contributed by atoms with Gasteiger partial charge in [0.1, 0.15) is 29.0 Å². The van der Waals surface area contributed by atoms with Crippen LogP contribution in [0.3, 0.4) is 0 Å². The maximum atomic E-state index is 12.2. The highest BCUT2D eigenvalue weighted by Crippen LogP contribution is 2.48. The van der Waals surface area contributed by atoms with Gasteiger partial charge in [0.2, 0.25) is 5.88 Å². The van der Waals surface area contributed by atoms with Crippen molar-refractivity contribution < 1.29 is 18.7 Å². The van der Waals surface area contributed by atoms with Gasteiger partial charge in [0.25, 0.3) is 0 Å². The Labute approximate surface area is 238 Å². The Balaban J connectivity index is 1.45. The number of aryl methyl sites for hydroxylation is 1. The molecule has 39 heavy (non-hydrogen) atoms. The molecule has 0 spiro atoms. The zero-order chi connectivity index (χ0) is 28.6. The molecule has 0 bridgehead atoms. The Bertz CT molecular complexity index is 1220. The first-order chi connectivity index (χ1) is 18.2. The summed E-state index contributed by atoms with van der Waals surface area (Å²) in [6, 6.07) is 2.54. The first kappa shape index (κ1) is 29.8. The van der Waals surface area contributed by atoms with Gasteiger partial charge < -0.3 is 19.2 Å². The number of thiophene rings is 1. The summed E-state index contributed by atoms with van der Waals surface area (Å²) >= 11 is 1.72. The number of ether oxygens (including phenoxy) is 2. The summed E-state index contributed by atoms with van der Waals surface area (Å²) in [6.45, 7) is 16.6. The number of amides is 1. The fourth-order valence-electron chi connectivity index (χ4n) is 5.24. The summed E-state index contributed by atoms with van der Waals surface area (Å²) in [5.74, 6) is 0.872. The van der Waals surface area contributed by atoms with E-state index < -0.39 is 20.0 Å². The molecule has 4 rings (SSSR count). The third-order valence-electron chi connectivity index (χ3n) is 8.25. The molecule has 8 nitrogen and oxygen atoms in total. The third-order valence-corrected chi connectivity index (χ3v) is 13.9. The lowest BCUT2D eigenvalue weighted by Crippen LogP contribution is -2.43. The average molecular weight is 573 g/mol. The SMILES string of the molecule is CC(C)(C)OC(=O)NC1CCC(Oc2ncnc3sc4c(c23)[C@@H](CC(C#N)O[Si](C)(C)C(C)(C)C)CC4)CC1. The predicted molar refractivity (Wildman–Crippen MR) is 157 cm³/mol. The third kappa shape index (κ3) is 7.11. The highest BCUT2D eigenvalue weighted by molar-refractivity contribution is 7.19. The molecule has 2 aliphatic carbocycles. The molecule has 2 aliphatic rings. The molecule has 2 aromatic heterocycles. The summed E-state index contributed by atoms with van der Waals surface area (Å²) in [7, 11) is -2.06. The van der Waals surface area contributed by atoms with Gasteiger partial charge in [-0.15, -0.1) is 11.3 Å². The van der Waals surface area contributed by atoms with Gasteiger partial charge in [0, 0.05) is 10.9 Å². The summed E-state index contributed by atoms with van der Waals surface area (Å²) in [5, 5.41) is 14.1. The number of aromatic nitrogens is 2. The molecular formula is C29H44N4O4SSi. The van der Waals surface area contributed by atoms with Gasteiger partial charge in [-0.3, -0.25) is 0 Å². The quantitative estimate of drug-likeness (QED) is 0.349. The summed E-state index contributed by atoms with van der Waals surface area (Å²) in [5.41, 5.74) is 0.746. The van der Waals surface area contributed by atoms with Crippen molar-refractivity contribution in [2.75, 3.05) is 0 Å². The fourth-order valence-corrected chi connectivity index (χ4v) is 7.69. The van der Waals surface area contributed by atoms with Gasteiger partial charge in [0.05, 0.1) is 11.5 Å². The van der Waals surface area contributed by atoms with Crippen molar-refractivity contribution >= 4 is 36.0 Å². The smallest absolute Gasteiger partial charge is 0.407 e. The van der Waals surface area contributed by atoms with E-state index in [1.165, 1.54) is 10.4 Å². The number of hydrogen-bond donors (Lipinski definition) is 1. The van der Waals surface area contributed by atoms with Crippen molar-refractivity contribution in [2.24, 2.45) is 0 Å². The number of rotatable bonds is 7. The molecule has 2 heterocycles. The Morgan fingerprint density at radius 2 is 1.85 bits per heavy atom. The maximum absolute atomic E-state index is 12.2. The molecule has 1 fully saturated rings. The highest BCUT2D eigenvalue weighted by Gasteiger charge is 2.41. The summed E-state index contributed by atoms with van der Waals surface area (Å²) in [4.78, 5) is 23.6. The molecule has 0 radical (unpaired) electrons. The Morgan fingerprint density at radius 3 is 2.46 bits per heavy atom. The van der Waals surface area contributed by atoms with E-state index in [0.29, 0.717) is 12.3 Å². The van der Waals surface area contributed by atoms with Crippen LogP contribution in [0.4, 0.5) is 4.79 Å². The second-order valence-electron chi connectivity index (χ2n) is 13.5. The topological polar surface area (TPSA) is 106 Å². The highest BCUT2D eigenvalue weighted by atomic mass is 32.1. The number of alkyl carbamates (subject to hydrolysis) is 1. The lowest BCUT2D eigenvalue weighted by Gasteiger charge is -2.38. The Morgan fingerprint density at radius 1 is 1.15 bits per heavy atom. The largest absolute Gasteiger partial charge is 0.474 e. The predicted octanol–water partition coefficient (Wildman–Crippen LogP) is 7.24. The molecule has 0 aromatic carbocycles. The number of nitrogens with zero attached hydrogens (tertiary/aromatic N) is 3. The van der Waals surface area contributed by atoms with Crippen LogP contribution in [-0.2, 0) is 15.6 Å². The van der Waals surface area contributed by atoms with Crippen molar-refractivity contribution in [3.8, 4) is 11.9 Å². The van der Waals surface area contributed by atoms with Crippen LogP contribution in [0.5, 0.6) is 5.88 Å². The first-order valence-corrected chi connectivity index (χ1v) is 17.9.